The lowest BCUT2D eigenvalue weighted by atomic mass is 9.85. The van der Waals surface area contributed by atoms with E-state index in [9.17, 15) is 18.5 Å². The number of benzene rings is 1. The summed E-state index contributed by atoms with van der Waals surface area (Å²) in [7, 11) is -2.57. The highest BCUT2D eigenvalue weighted by atomic mass is 32.2. The molecule has 1 aromatic carbocycles. The average Bonchev–Trinajstić information content (AvgIpc) is 3.19. The third-order valence-corrected chi connectivity index (χ3v) is 8.16. The number of nitrogens with one attached hydrogen (secondary N) is 1. The fraction of sp³-hybridized carbons (Fsp3) is 0.500. The van der Waals surface area contributed by atoms with Gasteiger partial charge in [-0.05, 0) is 54.5 Å². The molecule has 0 radical (unpaired) electrons. The van der Waals surface area contributed by atoms with Gasteiger partial charge in [0.1, 0.15) is 0 Å². The third kappa shape index (κ3) is 5.70. The van der Waals surface area contributed by atoms with E-state index in [1.165, 1.54) is 13.3 Å². The van der Waals surface area contributed by atoms with E-state index in [2.05, 4.69) is 15.8 Å². The van der Waals surface area contributed by atoms with Gasteiger partial charge in [0.05, 0.1) is 28.5 Å². The molecule has 0 aliphatic rings. The molecule has 7 nitrogen and oxygen atoms in total. The van der Waals surface area contributed by atoms with E-state index in [0.717, 1.165) is 28.0 Å². The second kappa shape index (κ2) is 9.47. The molecule has 0 unspecified atom stereocenters. The zero-order valence-electron chi connectivity index (χ0n) is 18.9. The average molecular weight is 464 g/mol. The second-order valence-corrected chi connectivity index (χ2v) is 11.4. The summed E-state index contributed by atoms with van der Waals surface area (Å²) in [5.74, 6) is -0.498. The van der Waals surface area contributed by atoms with Crippen LogP contribution in [-0.4, -0.2) is 26.4 Å². The van der Waals surface area contributed by atoms with Crippen molar-refractivity contribution in [2.24, 2.45) is 0 Å². The minimum absolute atomic E-state index is 0.0722. The molecule has 0 spiro atoms. The van der Waals surface area contributed by atoms with Crippen molar-refractivity contribution in [3.63, 3.8) is 0 Å². The number of nitriles is 1. The maximum Gasteiger partial charge on any atom is 0.291 e. The number of ether oxygens (including phenoxy) is 1. The van der Waals surface area contributed by atoms with Crippen LogP contribution in [0.25, 0.3) is 0 Å². The molecule has 0 atom stereocenters. The number of carbonyl (C=O) groups excluding carboxylic acids is 1. The van der Waals surface area contributed by atoms with E-state index < -0.39 is 21.5 Å². The van der Waals surface area contributed by atoms with Crippen molar-refractivity contribution in [2.45, 2.75) is 69.7 Å². The molecular formula is C22H29N3O4S2. The van der Waals surface area contributed by atoms with Crippen LogP contribution in [-0.2, 0) is 31.6 Å². The molecular weight excluding hydrogens is 434 g/mol. The fourth-order valence-electron chi connectivity index (χ4n) is 3.17. The largest absolute Gasteiger partial charge is 0.373 e. The second-order valence-electron chi connectivity index (χ2n) is 8.46. The van der Waals surface area contributed by atoms with E-state index in [4.69, 9.17) is 4.74 Å². The number of methoxy groups -OCH3 is 1. The van der Waals surface area contributed by atoms with Gasteiger partial charge >= 0.3 is 0 Å². The van der Waals surface area contributed by atoms with Crippen molar-refractivity contribution in [1.82, 2.24) is 9.71 Å². The maximum absolute atomic E-state index is 12.8. The Morgan fingerprint density at radius 3 is 2.23 bits per heavy atom. The Morgan fingerprint density at radius 2 is 1.77 bits per heavy atom. The molecule has 168 valence electrons. The SMILES string of the molecule is COC(C)(C)c1cnc(S(=O)(=O)NC(=O)Cc2c(C(C)C)cc(C#N)cc2C(C)C)s1. The number of sulfonamides is 1. The molecule has 0 aliphatic carbocycles. The highest BCUT2D eigenvalue weighted by Crippen LogP contribution is 2.32. The van der Waals surface area contributed by atoms with Gasteiger partial charge in [-0.2, -0.15) is 13.7 Å². The summed E-state index contributed by atoms with van der Waals surface area (Å²) >= 11 is 0.966. The highest BCUT2D eigenvalue weighted by Gasteiger charge is 2.28. The van der Waals surface area contributed by atoms with Gasteiger partial charge in [-0.25, -0.2) is 9.71 Å². The lowest BCUT2D eigenvalue weighted by Crippen LogP contribution is -2.32. The van der Waals surface area contributed by atoms with Gasteiger partial charge < -0.3 is 4.74 Å². The molecule has 2 aromatic rings. The van der Waals surface area contributed by atoms with Gasteiger partial charge in [0.25, 0.3) is 10.0 Å². The molecule has 31 heavy (non-hydrogen) atoms. The molecule has 9 heteroatoms. The maximum atomic E-state index is 12.8. The summed E-state index contributed by atoms with van der Waals surface area (Å²) in [6.45, 7) is 11.5. The fourth-order valence-corrected chi connectivity index (χ4v) is 5.38. The Hall–Kier alpha value is -2.28. The number of hydrogen-bond acceptors (Lipinski definition) is 7. The summed E-state index contributed by atoms with van der Waals surface area (Å²) in [6, 6.07) is 5.71. The van der Waals surface area contributed by atoms with Crippen LogP contribution in [0, 0.1) is 11.3 Å². The van der Waals surface area contributed by atoms with Crippen LogP contribution >= 0.6 is 11.3 Å². The molecule has 2 rings (SSSR count). The predicted octanol–water partition coefficient (Wildman–Crippen LogP) is 4.19. The summed E-state index contributed by atoms with van der Waals surface area (Å²) < 4.78 is 32.8. The molecule has 0 saturated carbocycles. The van der Waals surface area contributed by atoms with Crippen molar-refractivity contribution < 1.29 is 17.9 Å². The van der Waals surface area contributed by atoms with Gasteiger partial charge in [0, 0.05) is 13.3 Å². The first-order valence-electron chi connectivity index (χ1n) is 9.96. The molecule has 1 aromatic heterocycles. The van der Waals surface area contributed by atoms with E-state index >= 15 is 0 Å². The first-order valence-corrected chi connectivity index (χ1v) is 12.3. The normalized spacial score (nSPS) is 12.3. The third-order valence-electron chi connectivity index (χ3n) is 5.10. The van der Waals surface area contributed by atoms with E-state index in [0.29, 0.717) is 10.4 Å². The molecule has 0 saturated heterocycles. The van der Waals surface area contributed by atoms with Crippen LogP contribution in [0.2, 0.25) is 0 Å². The number of rotatable bonds is 8. The summed E-state index contributed by atoms with van der Waals surface area (Å²) in [5, 5.41) is 9.36. The highest BCUT2D eigenvalue weighted by molar-refractivity contribution is 7.92. The molecule has 0 fully saturated rings. The first kappa shape index (κ1) is 25.0. The monoisotopic (exact) mass is 463 g/mol. The van der Waals surface area contributed by atoms with Crippen molar-refractivity contribution >= 4 is 27.3 Å². The van der Waals surface area contributed by atoms with Crippen LogP contribution in [0.1, 0.15) is 80.5 Å². The Kier molecular flexibility index (Phi) is 7.63. The number of hydrogen-bond donors (Lipinski definition) is 1. The van der Waals surface area contributed by atoms with Gasteiger partial charge in [-0.15, -0.1) is 11.3 Å². The Morgan fingerprint density at radius 1 is 1.23 bits per heavy atom. The number of aromatic nitrogens is 1. The zero-order valence-corrected chi connectivity index (χ0v) is 20.6. The van der Waals surface area contributed by atoms with Gasteiger partial charge in [0.15, 0.2) is 0 Å². The van der Waals surface area contributed by atoms with E-state index in [1.807, 2.05) is 27.7 Å². The minimum atomic E-state index is -4.11. The molecule has 1 N–H and O–H groups in total. The predicted molar refractivity (Wildman–Crippen MR) is 121 cm³/mol. The van der Waals surface area contributed by atoms with Crippen LogP contribution in [0.3, 0.4) is 0 Å². The van der Waals surface area contributed by atoms with Crippen LogP contribution in [0.4, 0.5) is 0 Å². The van der Waals surface area contributed by atoms with Gasteiger partial charge in [-0.3, -0.25) is 4.79 Å². The van der Waals surface area contributed by atoms with Crippen LogP contribution in [0.5, 0.6) is 0 Å². The summed E-state index contributed by atoms with van der Waals surface area (Å²) in [5.41, 5.74) is 2.34. The number of amides is 1. The summed E-state index contributed by atoms with van der Waals surface area (Å²) in [4.78, 5) is 17.4. The lowest BCUT2D eigenvalue weighted by molar-refractivity contribution is -0.118. The van der Waals surface area contributed by atoms with Gasteiger partial charge in [-0.1, -0.05) is 27.7 Å². The molecule has 1 heterocycles. The van der Waals surface area contributed by atoms with Crippen molar-refractivity contribution in [3.05, 3.63) is 45.5 Å². The molecule has 1 amide bonds. The number of carbonyl (C=O) groups is 1. The topological polar surface area (TPSA) is 109 Å². The quantitative estimate of drug-likeness (QED) is 0.629. The van der Waals surface area contributed by atoms with Crippen LogP contribution in [0.15, 0.2) is 22.7 Å². The molecule has 0 bridgehead atoms. The van der Waals surface area contributed by atoms with E-state index in [1.54, 1.807) is 26.0 Å². The smallest absolute Gasteiger partial charge is 0.291 e. The van der Waals surface area contributed by atoms with Gasteiger partial charge in [0.2, 0.25) is 10.2 Å². The number of thiazole rings is 1. The van der Waals surface area contributed by atoms with Crippen molar-refractivity contribution in [3.8, 4) is 6.07 Å². The molecule has 0 aliphatic heterocycles. The lowest BCUT2D eigenvalue weighted by Gasteiger charge is -2.20. The Bertz CT molecular complexity index is 1080. The minimum Gasteiger partial charge on any atom is -0.373 e. The van der Waals surface area contributed by atoms with Crippen molar-refractivity contribution in [2.75, 3.05) is 7.11 Å². The van der Waals surface area contributed by atoms with Crippen LogP contribution < -0.4 is 4.72 Å². The van der Waals surface area contributed by atoms with E-state index in [-0.39, 0.29) is 22.6 Å². The van der Waals surface area contributed by atoms with Crippen molar-refractivity contribution in [1.29, 1.82) is 5.26 Å². The Balaban J connectivity index is 2.35. The standard InChI is InChI=1S/C22H29N3O4S2/c1-13(2)16-8-15(11-23)9-17(14(3)4)18(16)10-20(26)25-31(27,28)21-24-12-19(30-21)22(5,6)29-7/h8-9,12-14H,10H2,1-7H3,(H,25,26). The summed E-state index contributed by atoms with van der Waals surface area (Å²) in [6.07, 6.45) is 1.34. The number of nitrogens with zero attached hydrogens (tertiary/aromatic N) is 2. The zero-order chi connectivity index (χ0) is 23.6. The Labute approximate surface area is 188 Å². The first-order chi connectivity index (χ1) is 14.3.